The van der Waals surface area contributed by atoms with Crippen LogP contribution in [0.5, 0.6) is 0 Å². The Kier molecular flexibility index (Phi) is 6.15. The summed E-state index contributed by atoms with van der Waals surface area (Å²) in [5, 5.41) is 5.50. The maximum absolute atomic E-state index is 12.7. The van der Waals surface area contributed by atoms with Crippen molar-refractivity contribution in [3.05, 3.63) is 75.9 Å². The van der Waals surface area contributed by atoms with Crippen molar-refractivity contribution < 1.29 is 14.3 Å². The van der Waals surface area contributed by atoms with Crippen LogP contribution in [-0.4, -0.2) is 34.7 Å². The van der Waals surface area contributed by atoms with Gasteiger partial charge in [-0.05, 0) is 17.7 Å². The Hall–Kier alpha value is -3.43. The Morgan fingerprint density at radius 1 is 1.13 bits per heavy atom. The van der Waals surface area contributed by atoms with Gasteiger partial charge in [-0.25, -0.2) is 9.78 Å². The van der Waals surface area contributed by atoms with Crippen LogP contribution in [0.1, 0.15) is 10.4 Å². The highest BCUT2D eigenvalue weighted by atomic mass is 32.2. The van der Waals surface area contributed by atoms with E-state index >= 15 is 0 Å². The van der Waals surface area contributed by atoms with E-state index in [4.69, 9.17) is 4.74 Å². The third-order valence-electron chi connectivity index (χ3n) is 4.45. The molecule has 0 fully saturated rings. The second kappa shape index (κ2) is 9.15. The molecule has 0 aliphatic heterocycles. The molecule has 0 saturated carbocycles. The number of rotatable bonds is 6. The molecule has 156 valence electrons. The number of thioether (sulfide) groups is 1. The number of aromatic nitrogens is 2. The topological polar surface area (TPSA) is 101 Å². The van der Waals surface area contributed by atoms with E-state index < -0.39 is 5.97 Å². The predicted octanol–water partition coefficient (Wildman–Crippen LogP) is 4.17. The Morgan fingerprint density at radius 2 is 1.87 bits per heavy atom. The number of carbonyl (C=O) groups excluding carboxylic acids is 2. The zero-order valence-electron chi connectivity index (χ0n) is 16.4. The van der Waals surface area contributed by atoms with Crippen LogP contribution in [-0.2, 0) is 9.53 Å². The Bertz CT molecular complexity index is 1320. The minimum absolute atomic E-state index is 0.0148. The largest absolute Gasteiger partial charge is 0.465 e. The molecule has 2 heterocycles. The average molecular weight is 452 g/mol. The average Bonchev–Trinajstić information content (AvgIpc) is 3.23. The summed E-state index contributed by atoms with van der Waals surface area (Å²) in [6.45, 7) is 0. The smallest absolute Gasteiger partial charge is 0.339 e. The fourth-order valence-electron chi connectivity index (χ4n) is 3.03. The van der Waals surface area contributed by atoms with E-state index in [0.717, 1.165) is 22.9 Å². The first-order valence-electron chi connectivity index (χ1n) is 9.23. The van der Waals surface area contributed by atoms with E-state index in [2.05, 4.69) is 15.3 Å². The number of H-pyrrole nitrogens is 1. The number of hydrogen-bond acceptors (Lipinski definition) is 7. The fourth-order valence-corrected chi connectivity index (χ4v) is 4.69. The number of anilines is 1. The summed E-state index contributed by atoms with van der Waals surface area (Å²) in [7, 11) is 1.28. The van der Waals surface area contributed by atoms with Crippen LogP contribution in [0, 0.1) is 0 Å². The van der Waals surface area contributed by atoms with E-state index in [-0.39, 0.29) is 22.8 Å². The van der Waals surface area contributed by atoms with Gasteiger partial charge in [0.1, 0.15) is 4.83 Å². The molecule has 0 aliphatic rings. The van der Waals surface area contributed by atoms with Crippen LogP contribution < -0.4 is 10.9 Å². The number of ether oxygens (including phenoxy) is 1. The molecule has 4 aromatic rings. The number of nitrogens with zero attached hydrogens (tertiary/aromatic N) is 1. The molecule has 0 atom stereocenters. The third-order valence-corrected chi connectivity index (χ3v) is 6.20. The zero-order chi connectivity index (χ0) is 21.8. The van der Waals surface area contributed by atoms with E-state index in [0.29, 0.717) is 21.1 Å². The summed E-state index contributed by atoms with van der Waals surface area (Å²) in [4.78, 5) is 44.8. The zero-order valence-corrected chi connectivity index (χ0v) is 18.0. The van der Waals surface area contributed by atoms with Gasteiger partial charge in [-0.1, -0.05) is 54.2 Å². The predicted molar refractivity (Wildman–Crippen MR) is 123 cm³/mol. The van der Waals surface area contributed by atoms with Crippen LogP contribution in [0.25, 0.3) is 21.3 Å². The van der Waals surface area contributed by atoms with Crippen molar-refractivity contribution in [3.8, 4) is 11.1 Å². The Labute approximate surface area is 185 Å². The number of amides is 1. The number of benzene rings is 2. The molecule has 0 aliphatic carbocycles. The number of fused-ring (bicyclic) bond motifs is 1. The van der Waals surface area contributed by atoms with E-state index in [9.17, 15) is 14.4 Å². The molecule has 0 saturated heterocycles. The molecule has 2 aromatic heterocycles. The van der Waals surface area contributed by atoms with E-state index in [1.54, 1.807) is 24.3 Å². The highest BCUT2D eigenvalue weighted by Crippen LogP contribution is 2.31. The van der Waals surface area contributed by atoms with Crippen molar-refractivity contribution >= 4 is 50.9 Å². The van der Waals surface area contributed by atoms with Crippen LogP contribution >= 0.6 is 23.1 Å². The molecule has 0 radical (unpaired) electrons. The molecular weight excluding hydrogens is 434 g/mol. The summed E-state index contributed by atoms with van der Waals surface area (Å²) >= 11 is 2.50. The summed E-state index contributed by atoms with van der Waals surface area (Å²) in [6.07, 6.45) is 0. The van der Waals surface area contributed by atoms with Crippen LogP contribution in [0.3, 0.4) is 0 Å². The van der Waals surface area contributed by atoms with E-state index in [1.807, 2.05) is 35.7 Å². The number of hydrogen-bond donors (Lipinski definition) is 2. The molecule has 9 heteroatoms. The SMILES string of the molecule is COC(=O)c1ccccc1NC(=O)CSc1nc2scc(-c3ccccc3)c2c(=O)[nH]1. The minimum Gasteiger partial charge on any atom is -0.465 e. The summed E-state index contributed by atoms with van der Waals surface area (Å²) < 4.78 is 4.73. The van der Waals surface area contributed by atoms with Gasteiger partial charge in [0.05, 0.1) is 29.5 Å². The first-order chi connectivity index (χ1) is 15.1. The van der Waals surface area contributed by atoms with Gasteiger partial charge in [-0.3, -0.25) is 9.59 Å². The first-order valence-corrected chi connectivity index (χ1v) is 11.1. The summed E-state index contributed by atoms with van der Waals surface area (Å²) in [5.74, 6) is -0.854. The molecular formula is C22H17N3O4S2. The first kappa shape index (κ1) is 20.8. The monoisotopic (exact) mass is 451 g/mol. The molecule has 1 amide bonds. The Balaban J connectivity index is 1.50. The van der Waals surface area contributed by atoms with Crippen molar-refractivity contribution in [1.82, 2.24) is 9.97 Å². The molecule has 0 unspecified atom stereocenters. The molecule has 7 nitrogen and oxygen atoms in total. The number of carbonyl (C=O) groups is 2. The molecule has 0 spiro atoms. The lowest BCUT2D eigenvalue weighted by Crippen LogP contribution is -2.17. The summed E-state index contributed by atoms with van der Waals surface area (Å²) in [6, 6.07) is 16.2. The van der Waals surface area contributed by atoms with Gasteiger partial charge in [0.15, 0.2) is 5.16 Å². The second-order valence-corrected chi connectivity index (χ2v) is 8.26. The van der Waals surface area contributed by atoms with Crippen molar-refractivity contribution in [2.24, 2.45) is 0 Å². The van der Waals surface area contributed by atoms with Crippen LogP contribution in [0.4, 0.5) is 5.69 Å². The van der Waals surface area contributed by atoms with Crippen molar-refractivity contribution in [2.45, 2.75) is 5.16 Å². The van der Waals surface area contributed by atoms with Gasteiger partial charge in [-0.15, -0.1) is 11.3 Å². The molecule has 2 aromatic carbocycles. The number of esters is 1. The number of methoxy groups -OCH3 is 1. The van der Waals surface area contributed by atoms with Gasteiger partial charge in [-0.2, -0.15) is 0 Å². The van der Waals surface area contributed by atoms with Crippen molar-refractivity contribution in [1.29, 1.82) is 0 Å². The molecule has 0 bridgehead atoms. The number of thiophene rings is 1. The lowest BCUT2D eigenvalue weighted by atomic mass is 10.1. The van der Waals surface area contributed by atoms with Gasteiger partial charge < -0.3 is 15.0 Å². The number of aromatic amines is 1. The van der Waals surface area contributed by atoms with Gasteiger partial charge in [0.2, 0.25) is 5.91 Å². The lowest BCUT2D eigenvalue weighted by molar-refractivity contribution is -0.113. The molecule has 2 N–H and O–H groups in total. The Morgan fingerprint density at radius 3 is 2.65 bits per heavy atom. The highest BCUT2D eigenvalue weighted by Gasteiger charge is 2.16. The normalized spacial score (nSPS) is 10.7. The molecule has 4 rings (SSSR count). The van der Waals surface area contributed by atoms with Gasteiger partial charge in [0.25, 0.3) is 5.56 Å². The van der Waals surface area contributed by atoms with Crippen molar-refractivity contribution in [3.63, 3.8) is 0 Å². The standard InChI is InChI=1S/C22H17N3O4S2/c1-29-21(28)14-9-5-6-10-16(14)23-17(26)12-31-22-24-19(27)18-15(11-30-20(18)25-22)13-7-3-2-4-8-13/h2-11H,12H2,1H3,(H,23,26)(H,24,25,27). The van der Waals surface area contributed by atoms with Crippen LogP contribution in [0.2, 0.25) is 0 Å². The van der Waals surface area contributed by atoms with Gasteiger partial charge >= 0.3 is 5.97 Å². The van der Waals surface area contributed by atoms with Crippen molar-refractivity contribution in [2.75, 3.05) is 18.2 Å². The second-order valence-electron chi connectivity index (χ2n) is 6.44. The quantitative estimate of drug-likeness (QED) is 0.259. The van der Waals surface area contributed by atoms with Crippen LogP contribution in [0.15, 0.2) is 69.9 Å². The van der Waals surface area contributed by atoms with Gasteiger partial charge in [0, 0.05) is 10.9 Å². The number of para-hydroxylation sites is 1. The molecule has 31 heavy (non-hydrogen) atoms. The van der Waals surface area contributed by atoms with E-state index in [1.165, 1.54) is 18.4 Å². The maximum Gasteiger partial charge on any atom is 0.339 e. The minimum atomic E-state index is -0.535. The fraction of sp³-hybridized carbons (Fsp3) is 0.0909. The summed E-state index contributed by atoms with van der Waals surface area (Å²) in [5.41, 5.74) is 2.17. The number of nitrogens with one attached hydrogen (secondary N) is 2. The third kappa shape index (κ3) is 4.52. The lowest BCUT2D eigenvalue weighted by Gasteiger charge is -2.09. The maximum atomic E-state index is 12.7. The highest BCUT2D eigenvalue weighted by molar-refractivity contribution is 7.99.